The maximum atomic E-state index is 17.0. The van der Waals surface area contributed by atoms with Crippen molar-refractivity contribution in [3.8, 4) is 0 Å². The minimum absolute atomic E-state index is 0.0450. The molecular weight excluding hydrogens is 891 g/mol. The third-order valence-electron chi connectivity index (χ3n) is 9.90. The van der Waals surface area contributed by atoms with Crippen molar-refractivity contribution in [1.29, 1.82) is 0 Å². The van der Waals surface area contributed by atoms with Crippen molar-refractivity contribution >= 4 is 76.4 Å². The molecule has 4 aromatic heterocycles. The topological polar surface area (TPSA) is 266 Å². The molecule has 27 heteroatoms. The Labute approximate surface area is 354 Å². The molecule has 0 amide bonds. The molecule has 6 heterocycles. The molecule has 4 unspecified atom stereocenters. The zero-order valence-corrected chi connectivity index (χ0v) is 37.4. The summed E-state index contributed by atoms with van der Waals surface area (Å²) in [4.78, 5) is 61.3. The highest BCUT2D eigenvalue weighted by Crippen LogP contribution is 2.67. The highest BCUT2D eigenvalue weighted by molar-refractivity contribution is 8.55. The second-order valence-corrected chi connectivity index (χ2v) is 24.5. The maximum Gasteiger partial charge on any atom is 0.392 e. The van der Waals surface area contributed by atoms with Crippen molar-refractivity contribution in [1.82, 2.24) is 39.0 Å². The van der Waals surface area contributed by atoms with Crippen LogP contribution in [0, 0.1) is 23.7 Å². The van der Waals surface area contributed by atoms with E-state index < -0.39 is 116 Å². The second kappa shape index (κ2) is 17.2. The summed E-state index contributed by atoms with van der Waals surface area (Å²) in [5.41, 5.74) is 3.75. The van der Waals surface area contributed by atoms with E-state index in [9.17, 15) is 23.5 Å². The third kappa shape index (κ3) is 9.54. The van der Waals surface area contributed by atoms with Crippen molar-refractivity contribution in [2.75, 3.05) is 30.8 Å². The van der Waals surface area contributed by atoms with Gasteiger partial charge in [0, 0.05) is 28.7 Å². The normalized spacial score (nSPS) is 31.3. The number of nitrogens with two attached hydrogens (primary N) is 1. The van der Waals surface area contributed by atoms with Gasteiger partial charge in [0.2, 0.25) is 0 Å². The number of aromatic nitrogens is 8. The number of imidazole rings is 2. The van der Waals surface area contributed by atoms with Crippen LogP contribution in [0.15, 0.2) is 23.8 Å². The van der Waals surface area contributed by atoms with Gasteiger partial charge in [-0.3, -0.25) is 32.5 Å². The highest BCUT2D eigenvalue weighted by Gasteiger charge is 2.55. The van der Waals surface area contributed by atoms with Gasteiger partial charge in [0.1, 0.15) is 54.0 Å². The Kier molecular flexibility index (Phi) is 12.8. The van der Waals surface area contributed by atoms with Crippen LogP contribution in [0.4, 0.5) is 14.6 Å². The van der Waals surface area contributed by atoms with Crippen molar-refractivity contribution in [2.24, 2.45) is 16.7 Å². The largest absolute Gasteiger partial charge is 0.454 e. The fourth-order valence-corrected chi connectivity index (χ4v) is 12.4. The van der Waals surface area contributed by atoms with Crippen molar-refractivity contribution < 1.29 is 59.8 Å². The molecule has 0 aromatic carbocycles. The van der Waals surface area contributed by atoms with Crippen LogP contribution in [0.25, 0.3) is 22.3 Å². The summed E-state index contributed by atoms with van der Waals surface area (Å²) in [5.74, 6) is -3.20. The minimum atomic E-state index is -4.62. The Bertz CT molecular complexity index is 2460. The number of fused-ring (bicyclic) bond motifs is 4. The standard InChI is InChI=1S/C34H45F2N9O12P2S2/c1-16-42-28-23(29(46)43-16)41-13-45(28)30-21(36)25-19(55-30)10-54-59(50,61-15-52-32(48)34(5,6)7)56-24-17(9-53-58(49,57-25)60-14-51-31(47)33(2,3)4)8-18(20(24)35)44-12-40-22-26(37)38-11-39-27(22)44/h11-13,17-21,24-25,30H,8-10,14-15H2,1-7H3,(H2,37,38,39)(H,42,43,46)/t17-,18-,19-,20?,21?,24+,25+,30-,58?,59?/m1/s1. The van der Waals surface area contributed by atoms with Gasteiger partial charge in [-0.25, -0.2) is 42.8 Å². The molecule has 7 rings (SSSR count). The number of hydrogen-bond acceptors (Lipinski definition) is 20. The van der Waals surface area contributed by atoms with Gasteiger partial charge in [-0.2, -0.15) is 0 Å². The van der Waals surface area contributed by atoms with E-state index in [1.807, 2.05) is 0 Å². The summed E-state index contributed by atoms with van der Waals surface area (Å²) in [6, 6.07) is -1.09. The predicted molar refractivity (Wildman–Crippen MR) is 216 cm³/mol. The van der Waals surface area contributed by atoms with Gasteiger partial charge in [-0.1, -0.05) is 0 Å². The van der Waals surface area contributed by atoms with E-state index in [0.29, 0.717) is 22.8 Å². The molecule has 1 saturated carbocycles. The Hall–Kier alpha value is -3.54. The van der Waals surface area contributed by atoms with Gasteiger partial charge in [0.05, 0.1) is 42.7 Å². The molecule has 21 nitrogen and oxygen atoms in total. The number of nitrogens with one attached hydrogen (secondary N) is 1. The Morgan fingerprint density at radius 3 is 2.10 bits per heavy atom. The first-order valence-electron chi connectivity index (χ1n) is 18.9. The average Bonchev–Trinajstić information content (AvgIpc) is 3.94. The minimum Gasteiger partial charge on any atom is -0.454 e. The molecule has 61 heavy (non-hydrogen) atoms. The van der Waals surface area contributed by atoms with E-state index in [-0.39, 0.29) is 40.4 Å². The smallest absolute Gasteiger partial charge is 0.392 e. The lowest BCUT2D eigenvalue weighted by Crippen LogP contribution is -2.35. The van der Waals surface area contributed by atoms with E-state index in [1.54, 1.807) is 41.5 Å². The van der Waals surface area contributed by atoms with Crippen LogP contribution in [-0.2, 0) is 51.0 Å². The average molecular weight is 936 g/mol. The van der Waals surface area contributed by atoms with Crippen molar-refractivity contribution in [3.63, 3.8) is 0 Å². The van der Waals surface area contributed by atoms with Gasteiger partial charge in [-0.15, -0.1) is 0 Å². The molecule has 3 N–H and O–H groups in total. The maximum absolute atomic E-state index is 17.0. The number of ether oxygens (including phenoxy) is 3. The van der Waals surface area contributed by atoms with E-state index in [0.717, 1.165) is 10.9 Å². The van der Waals surface area contributed by atoms with Crippen LogP contribution in [0.3, 0.4) is 0 Å². The zero-order chi connectivity index (χ0) is 44.2. The number of halogens is 2. The first kappa shape index (κ1) is 45.5. The first-order chi connectivity index (χ1) is 28.6. The summed E-state index contributed by atoms with van der Waals surface area (Å²) >= 11 is 0.890. The Morgan fingerprint density at radius 1 is 0.869 bits per heavy atom. The number of aromatic amines is 1. The van der Waals surface area contributed by atoms with Crippen LogP contribution >= 0.6 is 36.4 Å². The number of rotatable bonds is 8. The fourth-order valence-electron chi connectivity index (χ4n) is 6.71. The zero-order valence-electron chi connectivity index (χ0n) is 34.0. The molecule has 3 aliphatic rings. The molecule has 3 fully saturated rings. The molecule has 10 atom stereocenters. The number of esters is 2. The van der Waals surface area contributed by atoms with Gasteiger partial charge in [-0.05, 0) is 54.9 Å². The molecule has 2 saturated heterocycles. The SMILES string of the molecule is Cc1nc2c(ncn2[C@@H]2O[C@@H]3COP(=O)(SCOC(=O)C(C)(C)C)O[C@@H]4C(F)[C@H](n5cnc6c(N)ncnc65)C[C@@H]4COP(=O)(SCOC(=O)C(C)(C)C)O[C@@H]3C2F)c(=O)[nH]1. The Balaban J connectivity index is 1.25. The summed E-state index contributed by atoms with van der Waals surface area (Å²) in [6.45, 7) is 0.613. The number of carbonyl (C=O) groups is 2. The van der Waals surface area contributed by atoms with E-state index >= 15 is 8.78 Å². The lowest BCUT2D eigenvalue weighted by Gasteiger charge is -2.31. The quantitative estimate of drug-likeness (QED) is 0.124. The number of nitrogens with zero attached hydrogens (tertiary/aromatic N) is 7. The lowest BCUT2D eigenvalue weighted by atomic mass is 9.98. The Morgan fingerprint density at radius 2 is 1.46 bits per heavy atom. The molecule has 0 radical (unpaired) electrons. The number of alkyl halides is 2. The number of H-pyrrole nitrogens is 1. The fraction of sp³-hybridized carbons (Fsp3) is 0.647. The summed E-state index contributed by atoms with van der Waals surface area (Å²) in [6.07, 6.45) is -7.20. The van der Waals surface area contributed by atoms with Crippen molar-refractivity contribution in [2.45, 2.75) is 97.8 Å². The highest BCUT2D eigenvalue weighted by atomic mass is 32.7. The van der Waals surface area contributed by atoms with E-state index in [1.165, 1.54) is 24.1 Å². The predicted octanol–water partition coefficient (Wildman–Crippen LogP) is 5.58. The van der Waals surface area contributed by atoms with Crippen LogP contribution in [0.2, 0.25) is 0 Å². The lowest BCUT2D eigenvalue weighted by molar-refractivity contribution is -0.151. The number of hydrogen-bond donors (Lipinski definition) is 2. The molecule has 0 bridgehead atoms. The van der Waals surface area contributed by atoms with Crippen LogP contribution < -0.4 is 11.3 Å². The third-order valence-corrected chi connectivity index (χ3v) is 16.6. The van der Waals surface area contributed by atoms with Gasteiger partial charge < -0.3 is 34.0 Å². The molecule has 2 aliphatic heterocycles. The van der Waals surface area contributed by atoms with E-state index in [4.69, 9.17) is 38.0 Å². The summed E-state index contributed by atoms with van der Waals surface area (Å²) in [7, 11) is 0. The van der Waals surface area contributed by atoms with Gasteiger partial charge in [0.15, 0.2) is 35.0 Å². The number of aryl methyl sites for hydroxylation is 1. The van der Waals surface area contributed by atoms with Crippen LogP contribution in [0.5, 0.6) is 0 Å². The first-order valence-corrected chi connectivity index (χ1v) is 25.1. The molecule has 0 spiro atoms. The second-order valence-electron chi connectivity index (χ2n) is 16.6. The monoisotopic (exact) mass is 935 g/mol. The molecule has 1 aliphatic carbocycles. The number of nitrogen functional groups attached to an aromatic ring is 1. The number of anilines is 1. The van der Waals surface area contributed by atoms with Crippen LogP contribution in [0.1, 0.15) is 66.1 Å². The van der Waals surface area contributed by atoms with Crippen molar-refractivity contribution in [3.05, 3.63) is 35.2 Å². The molecular formula is C34H45F2N9O12P2S2. The molecule has 4 aromatic rings. The van der Waals surface area contributed by atoms with Crippen LogP contribution in [-0.4, -0.2) is 107 Å². The van der Waals surface area contributed by atoms with Gasteiger partial charge >= 0.3 is 25.5 Å². The molecule has 334 valence electrons. The summed E-state index contributed by atoms with van der Waals surface area (Å²) in [5, 5.41) is 0. The van der Waals surface area contributed by atoms with Gasteiger partial charge in [0.25, 0.3) is 5.56 Å². The summed E-state index contributed by atoms with van der Waals surface area (Å²) < 4.78 is 107. The van der Waals surface area contributed by atoms with E-state index in [2.05, 4.69) is 29.9 Å². The number of carbonyl (C=O) groups excluding carboxylic acids is 2.